The lowest BCUT2D eigenvalue weighted by Gasteiger charge is -2.18. The first-order valence-corrected chi connectivity index (χ1v) is 11.4. The van der Waals surface area contributed by atoms with Crippen LogP contribution in [0.1, 0.15) is 13.3 Å². The van der Waals surface area contributed by atoms with Crippen LogP contribution in [0.3, 0.4) is 0 Å². The maximum absolute atomic E-state index is 12.6. The van der Waals surface area contributed by atoms with Crippen molar-refractivity contribution >= 4 is 38.1 Å². The number of thiazole rings is 1. The van der Waals surface area contributed by atoms with Crippen LogP contribution in [0.5, 0.6) is 11.5 Å². The van der Waals surface area contributed by atoms with Crippen LogP contribution >= 0.6 is 11.3 Å². The minimum absolute atomic E-state index is 0.0652. The lowest BCUT2D eigenvalue weighted by molar-refractivity contribution is -0.122. The van der Waals surface area contributed by atoms with E-state index in [2.05, 4.69) is 15.0 Å². The molecule has 1 atom stereocenters. The van der Waals surface area contributed by atoms with Crippen molar-refractivity contribution in [3.63, 3.8) is 0 Å². The summed E-state index contributed by atoms with van der Waals surface area (Å²) in [6.07, 6.45) is 1.25. The van der Waals surface area contributed by atoms with E-state index >= 15 is 0 Å². The molecule has 0 unspecified atom stereocenters. The van der Waals surface area contributed by atoms with Crippen LogP contribution in [0.25, 0.3) is 0 Å². The van der Waals surface area contributed by atoms with Gasteiger partial charge in [0.1, 0.15) is 11.5 Å². The molecule has 0 aliphatic carbocycles. The third-order valence-corrected chi connectivity index (χ3v) is 6.24. The summed E-state index contributed by atoms with van der Waals surface area (Å²) in [6, 6.07) is 12.9. The maximum atomic E-state index is 12.6. The van der Waals surface area contributed by atoms with Gasteiger partial charge in [0.15, 0.2) is 11.2 Å². The van der Waals surface area contributed by atoms with Crippen molar-refractivity contribution in [3.8, 4) is 11.5 Å². The predicted molar refractivity (Wildman–Crippen MR) is 116 cm³/mol. The minimum Gasteiger partial charge on any atom is -0.497 e. The molecule has 0 saturated heterocycles. The Morgan fingerprint density at radius 2 is 1.90 bits per heavy atom. The molecule has 0 spiro atoms. The number of methoxy groups -OCH3 is 1. The Morgan fingerprint density at radius 1 is 1.17 bits per heavy atom. The predicted octanol–water partition coefficient (Wildman–Crippen LogP) is 3.75. The van der Waals surface area contributed by atoms with E-state index in [1.165, 1.54) is 41.8 Å². The highest BCUT2D eigenvalue weighted by atomic mass is 32.2. The molecule has 1 aromatic heterocycles. The fourth-order valence-electron chi connectivity index (χ4n) is 2.55. The highest BCUT2D eigenvalue weighted by molar-refractivity contribution is 7.93. The number of benzene rings is 2. The molecule has 30 heavy (non-hydrogen) atoms. The Morgan fingerprint density at radius 3 is 2.53 bits per heavy atom. The fraction of sp³-hybridized carbons (Fsp3) is 0.200. The van der Waals surface area contributed by atoms with Crippen LogP contribution < -0.4 is 19.5 Å². The monoisotopic (exact) mass is 447 g/mol. The van der Waals surface area contributed by atoms with Gasteiger partial charge in [0.2, 0.25) is 0 Å². The van der Waals surface area contributed by atoms with Crippen LogP contribution in [0.4, 0.5) is 10.8 Å². The lowest BCUT2D eigenvalue weighted by Crippen LogP contribution is -2.32. The van der Waals surface area contributed by atoms with Gasteiger partial charge in [-0.25, -0.2) is 13.4 Å². The number of carbonyl (C=O) groups excluding carboxylic acids is 1. The van der Waals surface area contributed by atoms with E-state index in [0.717, 1.165) is 0 Å². The molecule has 8 nitrogen and oxygen atoms in total. The van der Waals surface area contributed by atoms with E-state index in [9.17, 15) is 13.2 Å². The van der Waals surface area contributed by atoms with Crippen LogP contribution in [0.15, 0.2) is 65.0 Å². The largest absolute Gasteiger partial charge is 0.497 e. The van der Waals surface area contributed by atoms with Gasteiger partial charge in [0.05, 0.1) is 12.0 Å². The molecule has 0 bridgehead atoms. The number of nitrogens with one attached hydrogen (secondary N) is 2. The molecule has 0 aliphatic heterocycles. The van der Waals surface area contributed by atoms with E-state index in [0.29, 0.717) is 23.6 Å². The number of carbonyl (C=O) groups is 1. The second kappa shape index (κ2) is 9.59. The Kier molecular flexibility index (Phi) is 6.91. The Balaban J connectivity index is 1.65. The maximum Gasteiger partial charge on any atom is 0.265 e. The normalized spacial score (nSPS) is 12.1. The quantitative estimate of drug-likeness (QED) is 0.517. The number of anilines is 2. The molecule has 3 aromatic rings. The lowest BCUT2D eigenvalue weighted by atomic mass is 10.2. The Labute approximate surface area is 178 Å². The van der Waals surface area contributed by atoms with Gasteiger partial charge < -0.3 is 14.8 Å². The van der Waals surface area contributed by atoms with Crippen molar-refractivity contribution in [3.05, 3.63) is 60.1 Å². The number of nitrogens with zero attached hydrogens (tertiary/aromatic N) is 1. The van der Waals surface area contributed by atoms with E-state index < -0.39 is 16.1 Å². The van der Waals surface area contributed by atoms with Crippen molar-refractivity contribution < 1.29 is 22.7 Å². The average Bonchev–Trinajstić information content (AvgIpc) is 3.24. The third-order valence-electron chi connectivity index (χ3n) is 4.07. The SMILES string of the molecule is CC[C@@H](Oc1cccc(OC)c1)C(=O)Nc1ccc(S(=O)(=O)Nc2nccs2)cc1. The highest BCUT2D eigenvalue weighted by Crippen LogP contribution is 2.22. The zero-order valence-corrected chi connectivity index (χ0v) is 18.0. The topological polar surface area (TPSA) is 107 Å². The molecule has 3 rings (SSSR count). The number of sulfonamides is 1. The van der Waals surface area contributed by atoms with Crippen molar-refractivity contribution in [2.75, 3.05) is 17.1 Å². The van der Waals surface area contributed by atoms with Gasteiger partial charge in [-0.2, -0.15) is 0 Å². The molecule has 2 aromatic carbocycles. The molecule has 0 fully saturated rings. The van der Waals surface area contributed by atoms with Crippen LogP contribution in [-0.2, 0) is 14.8 Å². The molecule has 0 saturated carbocycles. The van der Waals surface area contributed by atoms with Crippen molar-refractivity contribution in [1.82, 2.24) is 4.98 Å². The summed E-state index contributed by atoms with van der Waals surface area (Å²) in [6.45, 7) is 1.84. The number of hydrogen-bond donors (Lipinski definition) is 2. The molecular formula is C20H21N3O5S2. The van der Waals surface area contributed by atoms with E-state index in [1.54, 1.807) is 36.8 Å². The second-order valence-corrected chi connectivity index (χ2v) is 8.73. The van der Waals surface area contributed by atoms with Gasteiger partial charge in [0.25, 0.3) is 15.9 Å². The van der Waals surface area contributed by atoms with Gasteiger partial charge in [-0.05, 0) is 42.8 Å². The molecule has 158 valence electrons. The van der Waals surface area contributed by atoms with Gasteiger partial charge in [-0.3, -0.25) is 9.52 Å². The van der Waals surface area contributed by atoms with Crippen LogP contribution in [-0.4, -0.2) is 32.5 Å². The summed E-state index contributed by atoms with van der Waals surface area (Å²) in [5.41, 5.74) is 0.459. The number of rotatable bonds is 9. The summed E-state index contributed by atoms with van der Waals surface area (Å²) in [4.78, 5) is 16.6. The molecular weight excluding hydrogens is 426 g/mol. The summed E-state index contributed by atoms with van der Waals surface area (Å²) in [7, 11) is -2.19. The average molecular weight is 448 g/mol. The third kappa shape index (κ3) is 5.49. The van der Waals surface area contributed by atoms with Crippen LogP contribution in [0.2, 0.25) is 0 Å². The summed E-state index contributed by atoms with van der Waals surface area (Å²) >= 11 is 1.18. The molecule has 1 amide bonds. The summed E-state index contributed by atoms with van der Waals surface area (Å²) in [5, 5.41) is 4.71. The van der Waals surface area contributed by atoms with Crippen molar-refractivity contribution in [2.24, 2.45) is 0 Å². The highest BCUT2D eigenvalue weighted by Gasteiger charge is 2.20. The zero-order valence-electron chi connectivity index (χ0n) is 16.4. The first-order chi connectivity index (χ1) is 14.4. The minimum atomic E-state index is -3.75. The molecule has 10 heteroatoms. The van der Waals surface area contributed by atoms with E-state index in [1.807, 2.05) is 6.92 Å². The number of amides is 1. The van der Waals surface area contributed by atoms with Gasteiger partial charge in [-0.1, -0.05) is 13.0 Å². The molecule has 0 radical (unpaired) electrons. The molecule has 1 heterocycles. The van der Waals surface area contributed by atoms with E-state index in [-0.39, 0.29) is 15.9 Å². The number of ether oxygens (including phenoxy) is 2. The van der Waals surface area contributed by atoms with Gasteiger partial charge >= 0.3 is 0 Å². The standard InChI is InChI=1S/C20H21N3O5S2/c1-3-18(28-16-6-4-5-15(13-16)27-2)19(24)22-14-7-9-17(10-8-14)30(25,26)23-20-21-11-12-29-20/h4-13,18H,3H2,1-2H3,(H,21,23)(H,22,24)/t18-/m1/s1. The smallest absolute Gasteiger partial charge is 0.265 e. The first kappa shape index (κ1) is 21.6. The van der Waals surface area contributed by atoms with Crippen molar-refractivity contribution in [2.45, 2.75) is 24.3 Å². The molecule has 2 N–H and O–H groups in total. The number of hydrogen-bond acceptors (Lipinski definition) is 7. The Hall–Kier alpha value is -3.11. The number of aromatic nitrogens is 1. The summed E-state index contributed by atoms with van der Waals surface area (Å²) < 4.78 is 38.1. The van der Waals surface area contributed by atoms with Gasteiger partial charge in [-0.15, -0.1) is 11.3 Å². The zero-order chi connectivity index (χ0) is 21.6. The Bertz CT molecular complexity index is 1080. The summed E-state index contributed by atoms with van der Waals surface area (Å²) in [5.74, 6) is 0.814. The first-order valence-electron chi connectivity index (χ1n) is 9.05. The second-order valence-electron chi connectivity index (χ2n) is 6.15. The molecule has 0 aliphatic rings. The fourth-order valence-corrected chi connectivity index (χ4v) is 4.34. The van der Waals surface area contributed by atoms with E-state index in [4.69, 9.17) is 9.47 Å². The van der Waals surface area contributed by atoms with Crippen LogP contribution in [0, 0.1) is 0 Å². The van der Waals surface area contributed by atoms with Crippen molar-refractivity contribution in [1.29, 1.82) is 0 Å². The van der Waals surface area contributed by atoms with Gasteiger partial charge in [0, 0.05) is 23.3 Å².